The number of aromatic nitrogens is 3. The number of fused-ring (bicyclic) bond motifs is 1. The number of anilines is 2. The Balaban J connectivity index is 1.70. The Kier molecular flexibility index (Phi) is 3.66. The van der Waals surface area contributed by atoms with Gasteiger partial charge >= 0.3 is 0 Å². The van der Waals surface area contributed by atoms with E-state index in [2.05, 4.69) is 20.4 Å². The molecule has 0 aliphatic rings. The van der Waals surface area contributed by atoms with Crippen LogP contribution in [-0.2, 0) is 0 Å². The van der Waals surface area contributed by atoms with Gasteiger partial charge in [0.05, 0.1) is 11.4 Å². The number of nitrogens with zero attached hydrogens (tertiary/aromatic N) is 3. The normalized spacial score (nSPS) is 10.9. The molecule has 0 saturated carbocycles. The van der Waals surface area contributed by atoms with Crippen LogP contribution in [0.25, 0.3) is 21.5 Å². The van der Waals surface area contributed by atoms with Crippen molar-refractivity contribution in [2.75, 3.05) is 11.1 Å². The minimum Gasteiger partial charge on any atom is -0.397 e. The lowest BCUT2D eigenvalue weighted by Crippen LogP contribution is -2.12. The van der Waals surface area contributed by atoms with E-state index in [-0.39, 0.29) is 5.91 Å². The zero-order valence-electron chi connectivity index (χ0n) is 13.2. The van der Waals surface area contributed by atoms with Crippen LogP contribution < -0.4 is 11.1 Å². The summed E-state index contributed by atoms with van der Waals surface area (Å²) in [5, 5.41) is 7.18. The first-order valence-corrected chi connectivity index (χ1v) is 8.27. The molecule has 0 radical (unpaired) electrons. The van der Waals surface area contributed by atoms with E-state index in [1.54, 1.807) is 25.4 Å². The second-order valence-electron chi connectivity index (χ2n) is 5.41. The van der Waals surface area contributed by atoms with Crippen molar-refractivity contribution in [2.24, 2.45) is 0 Å². The van der Waals surface area contributed by atoms with Crippen LogP contribution in [0.4, 0.5) is 11.5 Å². The molecule has 0 unspecified atom stereocenters. The number of nitrogens with one attached hydrogen (secondary N) is 1. The van der Waals surface area contributed by atoms with E-state index < -0.39 is 0 Å². The van der Waals surface area contributed by atoms with E-state index in [0.717, 1.165) is 16.6 Å². The van der Waals surface area contributed by atoms with Gasteiger partial charge in [-0.15, -0.1) is 11.3 Å². The predicted molar refractivity (Wildman–Crippen MR) is 96.5 cm³/mol. The van der Waals surface area contributed by atoms with Crippen LogP contribution in [0.5, 0.6) is 0 Å². The molecule has 0 aliphatic carbocycles. The highest BCUT2D eigenvalue weighted by Gasteiger charge is 2.19. The van der Waals surface area contributed by atoms with E-state index >= 15 is 0 Å². The third-order valence-electron chi connectivity index (χ3n) is 3.63. The molecule has 124 valence electrons. The topological polar surface area (TPSA) is 107 Å². The lowest BCUT2D eigenvalue weighted by molar-refractivity contribution is 0.103. The highest BCUT2D eigenvalue weighted by molar-refractivity contribution is 7.21. The van der Waals surface area contributed by atoms with Gasteiger partial charge in [-0.1, -0.05) is 5.16 Å². The van der Waals surface area contributed by atoms with Crippen molar-refractivity contribution in [1.82, 2.24) is 15.1 Å². The average molecular weight is 351 g/mol. The quantitative estimate of drug-likeness (QED) is 0.585. The molecule has 0 spiro atoms. The summed E-state index contributed by atoms with van der Waals surface area (Å²) in [6, 6.07) is 9.15. The maximum atomic E-state index is 12.5. The molecule has 8 heteroatoms. The van der Waals surface area contributed by atoms with E-state index in [0.29, 0.717) is 27.0 Å². The van der Waals surface area contributed by atoms with Crippen molar-refractivity contribution in [3.05, 3.63) is 53.4 Å². The van der Waals surface area contributed by atoms with Gasteiger partial charge in [-0.05, 0) is 31.2 Å². The van der Waals surface area contributed by atoms with E-state index in [4.69, 9.17) is 10.3 Å². The molecule has 25 heavy (non-hydrogen) atoms. The van der Waals surface area contributed by atoms with Crippen LogP contribution in [-0.4, -0.2) is 21.0 Å². The van der Waals surface area contributed by atoms with Gasteiger partial charge in [0, 0.05) is 29.4 Å². The van der Waals surface area contributed by atoms with Gasteiger partial charge in [-0.2, -0.15) is 0 Å². The minimum atomic E-state index is -0.336. The van der Waals surface area contributed by atoms with Crippen LogP contribution in [0, 0.1) is 6.92 Å². The standard InChI is InChI=1S/C17H13N5O2S/c1-9-7-13(22-24-9)21-16(23)15-14(18)11-4-5-12(20-17(11)25-15)10-3-2-6-19-8-10/h2-8H,18H2,1H3,(H,21,22,23). The molecule has 0 aliphatic heterocycles. The molecule has 0 fully saturated rings. The minimum absolute atomic E-state index is 0.336. The van der Waals surface area contributed by atoms with Gasteiger partial charge in [0.25, 0.3) is 5.91 Å². The number of carbonyl (C=O) groups excluding carboxylic acids is 1. The molecular formula is C17H13N5O2S. The third-order valence-corrected chi connectivity index (χ3v) is 4.74. The Labute approximate surface area is 146 Å². The summed E-state index contributed by atoms with van der Waals surface area (Å²) in [5.74, 6) is 0.627. The Bertz CT molecular complexity index is 1070. The summed E-state index contributed by atoms with van der Waals surface area (Å²) in [4.78, 5) is 22.3. The highest BCUT2D eigenvalue weighted by atomic mass is 32.1. The molecule has 1 amide bonds. The maximum Gasteiger partial charge on any atom is 0.269 e. The van der Waals surface area contributed by atoms with Gasteiger partial charge < -0.3 is 15.6 Å². The highest BCUT2D eigenvalue weighted by Crippen LogP contribution is 2.34. The molecule has 4 rings (SSSR count). The number of aryl methyl sites for hydroxylation is 1. The summed E-state index contributed by atoms with van der Waals surface area (Å²) in [5.41, 5.74) is 8.23. The van der Waals surface area contributed by atoms with Crippen molar-refractivity contribution >= 4 is 39.0 Å². The second kappa shape index (κ2) is 5.99. The summed E-state index contributed by atoms with van der Waals surface area (Å²) in [7, 11) is 0. The molecule has 4 aromatic rings. The van der Waals surface area contributed by atoms with Gasteiger partial charge in [-0.25, -0.2) is 4.98 Å². The maximum absolute atomic E-state index is 12.5. The lowest BCUT2D eigenvalue weighted by atomic mass is 10.1. The summed E-state index contributed by atoms with van der Waals surface area (Å²) in [6.07, 6.45) is 3.45. The van der Waals surface area contributed by atoms with Gasteiger partial charge in [0.15, 0.2) is 5.82 Å². The fourth-order valence-electron chi connectivity index (χ4n) is 2.44. The van der Waals surface area contributed by atoms with Crippen molar-refractivity contribution in [2.45, 2.75) is 6.92 Å². The summed E-state index contributed by atoms with van der Waals surface area (Å²) in [6.45, 7) is 1.75. The molecular weight excluding hydrogens is 338 g/mol. The fraction of sp³-hybridized carbons (Fsp3) is 0.0588. The molecule has 4 aromatic heterocycles. The first-order valence-electron chi connectivity index (χ1n) is 7.46. The number of rotatable bonds is 3. The summed E-state index contributed by atoms with van der Waals surface area (Å²) < 4.78 is 4.94. The van der Waals surface area contributed by atoms with Crippen molar-refractivity contribution in [3.8, 4) is 11.3 Å². The van der Waals surface area contributed by atoms with Crippen LogP contribution in [0.2, 0.25) is 0 Å². The number of hydrogen-bond donors (Lipinski definition) is 2. The lowest BCUT2D eigenvalue weighted by Gasteiger charge is -2.00. The Morgan fingerprint density at radius 3 is 2.92 bits per heavy atom. The second-order valence-corrected chi connectivity index (χ2v) is 6.41. The number of amides is 1. The van der Waals surface area contributed by atoms with Gasteiger partial charge in [-0.3, -0.25) is 9.78 Å². The van der Waals surface area contributed by atoms with Crippen LogP contribution >= 0.6 is 11.3 Å². The largest absolute Gasteiger partial charge is 0.397 e. The Morgan fingerprint density at radius 1 is 1.32 bits per heavy atom. The molecule has 0 bridgehead atoms. The Hall–Kier alpha value is -3.26. The monoisotopic (exact) mass is 351 g/mol. The third kappa shape index (κ3) is 2.83. The van der Waals surface area contributed by atoms with E-state index in [1.807, 2.05) is 24.3 Å². The summed E-state index contributed by atoms with van der Waals surface area (Å²) >= 11 is 1.24. The zero-order chi connectivity index (χ0) is 17.4. The zero-order valence-corrected chi connectivity index (χ0v) is 14.0. The van der Waals surface area contributed by atoms with Crippen molar-refractivity contribution in [1.29, 1.82) is 0 Å². The molecule has 4 heterocycles. The molecule has 7 nitrogen and oxygen atoms in total. The van der Waals surface area contributed by atoms with Gasteiger partial charge in [0.1, 0.15) is 15.5 Å². The number of thiophene rings is 1. The number of nitrogens with two attached hydrogens (primary N) is 1. The van der Waals surface area contributed by atoms with E-state index in [9.17, 15) is 4.79 Å². The number of pyridine rings is 2. The fourth-order valence-corrected chi connectivity index (χ4v) is 3.43. The smallest absolute Gasteiger partial charge is 0.269 e. The van der Waals surface area contributed by atoms with Crippen LogP contribution in [0.3, 0.4) is 0 Å². The van der Waals surface area contributed by atoms with Crippen LogP contribution in [0.15, 0.2) is 47.2 Å². The first-order chi connectivity index (χ1) is 12.1. The number of hydrogen-bond acceptors (Lipinski definition) is 7. The molecule has 0 atom stereocenters. The predicted octanol–water partition coefficient (Wildman–Crippen LogP) is 3.49. The van der Waals surface area contributed by atoms with Crippen LogP contribution in [0.1, 0.15) is 15.4 Å². The van der Waals surface area contributed by atoms with Gasteiger partial charge in [0.2, 0.25) is 0 Å². The number of nitrogen functional groups attached to an aromatic ring is 1. The number of carbonyl (C=O) groups is 1. The first kappa shape index (κ1) is 15.3. The van der Waals surface area contributed by atoms with E-state index in [1.165, 1.54) is 11.3 Å². The van der Waals surface area contributed by atoms with Crippen molar-refractivity contribution in [3.63, 3.8) is 0 Å². The van der Waals surface area contributed by atoms with Crippen molar-refractivity contribution < 1.29 is 9.32 Å². The Morgan fingerprint density at radius 2 is 2.20 bits per heavy atom. The molecule has 0 saturated heterocycles. The average Bonchev–Trinajstić information content (AvgIpc) is 3.18. The SMILES string of the molecule is Cc1cc(NC(=O)c2sc3nc(-c4cccnc4)ccc3c2N)no1. The molecule has 0 aromatic carbocycles. The molecule has 3 N–H and O–H groups in total.